The number of morpholine rings is 1. The molecule has 39 heavy (non-hydrogen) atoms. The van der Waals surface area contributed by atoms with Gasteiger partial charge in [0.1, 0.15) is 5.69 Å². The van der Waals surface area contributed by atoms with Crippen molar-refractivity contribution < 1.29 is 27.6 Å². The van der Waals surface area contributed by atoms with Gasteiger partial charge in [0.25, 0.3) is 5.69 Å². The Hall–Kier alpha value is -4.07. The molecule has 0 atom stereocenters. The molecule has 0 spiro atoms. The molecule has 0 radical (unpaired) electrons. The van der Waals surface area contributed by atoms with Crippen LogP contribution in [0.3, 0.4) is 0 Å². The first-order valence-corrected chi connectivity index (χ1v) is 13.7. The molecule has 2 aromatic carbocycles. The summed E-state index contributed by atoms with van der Waals surface area (Å²) in [6.07, 6.45) is 1.54. The highest BCUT2D eigenvalue weighted by atomic mass is 32.2. The number of esters is 1. The maximum absolute atomic E-state index is 12.9. The molecule has 1 aromatic heterocycles. The van der Waals surface area contributed by atoms with Crippen LogP contribution in [0.1, 0.15) is 34.2 Å². The van der Waals surface area contributed by atoms with Crippen LogP contribution in [0.4, 0.5) is 11.4 Å². The number of nitro benzene ring substituents is 1. The number of anilines is 1. The second-order valence-corrected chi connectivity index (χ2v) is 10.7. The minimum absolute atomic E-state index is 0.0561. The molecule has 4 rings (SSSR count). The second kappa shape index (κ2) is 11.8. The predicted octanol–water partition coefficient (Wildman–Crippen LogP) is 3.65. The predicted molar refractivity (Wildman–Crippen MR) is 145 cm³/mol. The number of aryl methyl sites for hydroxylation is 1. The van der Waals surface area contributed by atoms with Gasteiger partial charge in [0.15, 0.2) is 0 Å². The summed E-state index contributed by atoms with van der Waals surface area (Å²) in [7, 11) is -3.89. The minimum Gasteiger partial charge on any atom is -0.462 e. The van der Waals surface area contributed by atoms with Crippen LogP contribution >= 0.6 is 0 Å². The molecule has 1 saturated heterocycles. The third-order valence-electron chi connectivity index (χ3n) is 6.27. The number of hydrazone groups is 1. The highest BCUT2D eigenvalue weighted by Gasteiger charge is 2.29. The van der Waals surface area contributed by atoms with Crippen molar-refractivity contribution in [2.24, 2.45) is 5.10 Å². The van der Waals surface area contributed by atoms with Gasteiger partial charge < -0.3 is 14.0 Å². The zero-order chi connectivity index (χ0) is 28.2. The van der Waals surface area contributed by atoms with E-state index in [-0.39, 0.29) is 42.9 Å². The molecule has 1 fully saturated rings. The van der Waals surface area contributed by atoms with Gasteiger partial charge in [0, 0.05) is 41.8 Å². The summed E-state index contributed by atoms with van der Waals surface area (Å²) in [5.41, 5.74) is 6.17. The summed E-state index contributed by atoms with van der Waals surface area (Å²) in [5, 5.41) is 15.9. The Morgan fingerprint density at radius 3 is 2.49 bits per heavy atom. The number of carbonyl (C=O) groups excluding carboxylic acids is 1. The van der Waals surface area contributed by atoms with E-state index in [4.69, 9.17) is 9.47 Å². The number of hydrogen-bond donors (Lipinski definition) is 1. The van der Waals surface area contributed by atoms with Crippen molar-refractivity contribution in [2.75, 3.05) is 38.3 Å². The van der Waals surface area contributed by atoms with E-state index in [2.05, 4.69) is 10.5 Å². The standard InChI is InChI=1S/C26H29N5O7S/c1-4-38-26(32)20-5-7-22(8-6-20)30-18(2)15-21(19(30)3)17-27-28-24-10-9-23(16-25(24)31(33)34)39(35,36)29-11-13-37-14-12-29/h5-10,15-17,28H,4,11-14H2,1-3H3/b27-17+. The monoisotopic (exact) mass is 555 g/mol. The molecule has 0 unspecified atom stereocenters. The van der Waals surface area contributed by atoms with Crippen LogP contribution in [0.25, 0.3) is 5.69 Å². The average molecular weight is 556 g/mol. The minimum atomic E-state index is -3.89. The van der Waals surface area contributed by atoms with Crippen molar-refractivity contribution in [3.8, 4) is 5.69 Å². The maximum atomic E-state index is 12.9. The van der Waals surface area contributed by atoms with Gasteiger partial charge in [-0.2, -0.15) is 9.41 Å². The molecule has 1 N–H and O–H groups in total. The molecule has 0 bridgehead atoms. The van der Waals surface area contributed by atoms with Gasteiger partial charge in [-0.3, -0.25) is 15.5 Å². The van der Waals surface area contributed by atoms with E-state index in [1.54, 1.807) is 19.1 Å². The van der Waals surface area contributed by atoms with E-state index in [9.17, 15) is 23.3 Å². The lowest BCUT2D eigenvalue weighted by atomic mass is 10.2. The van der Waals surface area contributed by atoms with E-state index >= 15 is 0 Å². The fraction of sp³-hybridized carbons (Fsp3) is 0.308. The summed E-state index contributed by atoms with van der Waals surface area (Å²) >= 11 is 0. The Labute approximate surface area is 226 Å². The number of aromatic nitrogens is 1. The number of hydrogen-bond acceptors (Lipinski definition) is 9. The number of ether oxygens (including phenoxy) is 2. The van der Waals surface area contributed by atoms with Gasteiger partial charge in [-0.25, -0.2) is 13.2 Å². The van der Waals surface area contributed by atoms with E-state index in [0.717, 1.165) is 28.7 Å². The molecule has 1 aliphatic heterocycles. The number of nitrogens with zero attached hydrogens (tertiary/aromatic N) is 4. The van der Waals surface area contributed by atoms with Crippen LogP contribution in [0, 0.1) is 24.0 Å². The number of nitrogens with one attached hydrogen (secondary N) is 1. The molecule has 12 nitrogen and oxygen atoms in total. The number of benzene rings is 2. The molecule has 3 aromatic rings. The van der Waals surface area contributed by atoms with E-state index in [0.29, 0.717) is 12.2 Å². The zero-order valence-corrected chi connectivity index (χ0v) is 22.6. The van der Waals surface area contributed by atoms with Crippen LogP contribution in [-0.4, -0.2) is 67.3 Å². The lowest BCUT2D eigenvalue weighted by Gasteiger charge is -2.26. The SMILES string of the molecule is CCOC(=O)c1ccc(-n2c(C)cc(/C=N/Nc3ccc(S(=O)(=O)N4CCOCC4)cc3[N+](=O)[O-])c2C)cc1. The van der Waals surface area contributed by atoms with E-state index < -0.39 is 20.6 Å². The summed E-state index contributed by atoms with van der Waals surface area (Å²) in [6, 6.07) is 12.6. The molecular weight excluding hydrogens is 526 g/mol. The smallest absolute Gasteiger partial charge is 0.338 e. The fourth-order valence-electron chi connectivity index (χ4n) is 4.30. The van der Waals surface area contributed by atoms with Gasteiger partial charge in [-0.1, -0.05) is 0 Å². The molecule has 2 heterocycles. The number of rotatable bonds is 9. The van der Waals surface area contributed by atoms with E-state index in [1.165, 1.54) is 22.7 Å². The molecule has 206 valence electrons. The van der Waals surface area contributed by atoms with Crippen molar-refractivity contribution >= 4 is 33.6 Å². The van der Waals surface area contributed by atoms with Gasteiger partial charge in [0.2, 0.25) is 10.0 Å². The van der Waals surface area contributed by atoms with Crippen LogP contribution in [0.5, 0.6) is 0 Å². The summed E-state index contributed by atoms with van der Waals surface area (Å²) < 4.78 is 39.3. The third-order valence-corrected chi connectivity index (χ3v) is 8.16. The van der Waals surface area contributed by atoms with Crippen LogP contribution in [0.15, 0.2) is 58.5 Å². The maximum Gasteiger partial charge on any atom is 0.338 e. The van der Waals surface area contributed by atoms with Crippen LogP contribution in [0.2, 0.25) is 0 Å². The molecule has 13 heteroatoms. The number of sulfonamides is 1. The largest absolute Gasteiger partial charge is 0.462 e. The van der Waals surface area contributed by atoms with Crippen LogP contribution < -0.4 is 5.43 Å². The highest BCUT2D eigenvalue weighted by molar-refractivity contribution is 7.89. The van der Waals surface area contributed by atoms with Gasteiger partial charge in [-0.15, -0.1) is 0 Å². The zero-order valence-electron chi connectivity index (χ0n) is 21.8. The fourth-order valence-corrected chi connectivity index (χ4v) is 5.73. The molecular formula is C26H29N5O7S. The molecule has 1 aliphatic rings. The van der Waals surface area contributed by atoms with Crippen molar-refractivity contribution in [2.45, 2.75) is 25.7 Å². The third kappa shape index (κ3) is 6.00. The Balaban J connectivity index is 1.54. The summed E-state index contributed by atoms with van der Waals surface area (Å²) in [5.74, 6) is -0.385. The van der Waals surface area contributed by atoms with Crippen molar-refractivity contribution in [3.63, 3.8) is 0 Å². The average Bonchev–Trinajstić information content (AvgIpc) is 3.21. The summed E-state index contributed by atoms with van der Waals surface area (Å²) in [6.45, 7) is 6.80. The molecule has 0 aliphatic carbocycles. The Bertz CT molecular complexity index is 1510. The lowest BCUT2D eigenvalue weighted by Crippen LogP contribution is -2.40. The summed E-state index contributed by atoms with van der Waals surface area (Å²) in [4.78, 5) is 22.9. The first kappa shape index (κ1) is 28.0. The Morgan fingerprint density at radius 2 is 1.85 bits per heavy atom. The normalized spacial score (nSPS) is 14.4. The molecule has 0 saturated carbocycles. The van der Waals surface area contributed by atoms with Crippen molar-refractivity contribution in [1.82, 2.24) is 8.87 Å². The van der Waals surface area contributed by atoms with Gasteiger partial charge in [-0.05, 0) is 63.2 Å². The number of carbonyl (C=O) groups is 1. The Kier molecular flexibility index (Phi) is 8.43. The first-order valence-electron chi connectivity index (χ1n) is 12.3. The van der Waals surface area contributed by atoms with Crippen molar-refractivity contribution in [3.05, 3.63) is 81.2 Å². The molecule has 0 amide bonds. The first-order chi connectivity index (χ1) is 18.6. The highest BCUT2D eigenvalue weighted by Crippen LogP contribution is 2.29. The number of nitro groups is 1. The lowest BCUT2D eigenvalue weighted by molar-refractivity contribution is -0.384. The van der Waals surface area contributed by atoms with Crippen LogP contribution in [-0.2, 0) is 19.5 Å². The van der Waals surface area contributed by atoms with Gasteiger partial charge >= 0.3 is 5.97 Å². The Morgan fingerprint density at radius 1 is 1.15 bits per heavy atom. The van der Waals surface area contributed by atoms with Crippen molar-refractivity contribution in [1.29, 1.82) is 0 Å². The van der Waals surface area contributed by atoms with Gasteiger partial charge in [0.05, 0.1) is 41.4 Å². The quantitative estimate of drug-likeness (QED) is 0.182. The topological polar surface area (TPSA) is 145 Å². The van der Waals surface area contributed by atoms with E-state index in [1.807, 2.05) is 36.6 Å². The second-order valence-electron chi connectivity index (χ2n) is 8.75.